The van der Waals surface area contributed by atoms with Gasteiger partial charge >= 0.3 is 11.9 Å². The minimum atomic E-state index is -1.74. The van der Waals surface area contributed by atoms with Crippen LogP contribution in [0.15, 0.2) is 41.2 Å². The molecule has 7 unspecified atom stereocenters. The van der Waals surface area contributed by atoms with E-state index in [0.717, 1.165) is 61.4 Å². The van der Waals surface area contributed by atoms with Crippen molar-refractivity contribution in [3.63, 3.8) is 0 Å². The Balaban J connectivity index is 1.03. The second kappa shape index (κ2) is 9.77. The third-order valence-corrected chi connectivity index (χ3v) is 13.7. The third-order valence-electron chi connectivity index (χ3n) is 13.7. The number of fused-ring (bicyclic) bond motifs is 10. The number of para-hydroxylation sites is 1. The maximum atomic E-state index is 14.3. The number of esters is 2. The summed E-state index contributed by atoms with van der Waals surface area (Å²) in [5.41, 5.74) is 1.71. The van der Waals surface area contributed by atoms with E-state index in [4.69, 9.17) is 14.5 Å². The Labute approximate surface area is 273 Å². The van der Waals surface area contributed by atoms with Gasteiger partial charge in [-0.2, -0.15) is 0 Å². The van der Waals surface area contributed by atoms with Gasteiger partial charge in [0.25, 0.3) is 5.56 Å². The van der Waals surface area contributed by atoms with Crippen molar-refractivity contribution in [3.8, 4) is 11.4 Å². The van der Waals surface area contributed by atoms with Gasteiger partial charge in [-0.15, -0.1) is 0 Å². The molecule has 1 aromatic carbocycles. The highest BCUT2D eigenvalue weighted by Gasteiger charge is 2.62. The molecule has 5 heterocycles. The summed E-state index contributed by atoms with van der Waals surface area (Å²) in [7, 11) is 0. The number of cyclic esters (lactones) is 1. The fraction of sp³-hybridized carbons (Fsp3) is 0.553. The first-order valence-corrected chi connectivity index (χ1v) is 17.4. The van der Waals surface area contributed by atoms with Crippen molar-refractivity contribution in [1.29, 1.82) is 0 Å². The van der Waals surface area contributed by atoms with Gasteiger partial charge in [0.05, 0.1) is 34.9 Å². The fourth-order valence-corrected chi connectivity index (χ4v) is 11.1. The molecule has 0 spiro atoms. The molecule has 9 nitrogen and oxygen atoms in total. The topological polar surface area (TPSA) is 117 Å². The van der Waals surface area contributed by atoms with E-state index in [0.29, 0.717) is 53.2 Å². The Morgan fingerprint density at radius 3 is 2.64 bits per heavy atom. The summed E-state index contributed by atoms with van der Waals surface area (Å²) < 4.78 is 13.6. The Bertz CT molecular complexity index is 1970. The van der Waals surface area contributed by atoms with E-state index >= 15 is 0 Å². The van der Waals surface area contributed by atoms with E-state index in [-0.39, 0.29) is 46.8 Å². The van der Waals surface area contributed by atoms with Crippen molar-refractivity contribution in [1.82, 2.24) is 14.9 Å². The van der Waals surface area contributed by atoms with Gasteiger partial charge in [0.2, 0.25) is 11.5 Å². The number of hydrogen-bond acceptors (Lipinski definition) is 7. The number of nitrogens with zero attached hydrogens (tertiary/aromatic N) is 2. The molecule has 8 atom stereocenters. The molecule has 1 N–H and O–H groups in total. The largest absolute Gasteiger partial charge is 0.457 e. The first-order valence-electron chi connectivity index (χ1n) is 17.4. The smallest absolute Gasteiger partial charge is 0.355 e. The summed E-state index contributed by atoms with van der Waals surface area (Å²) >= 11 is 0. The van der Waals surface area contributed by atoms with Gasteiger partial charge < -0.3 is 19.4 Å². The van der Waals surface area contributed by atoms with Crippen LogP contribution in [0.25, 0.3) is 22.3 Å². The average molecular weight is 636 g/mol. The van der Waals surface area contributed by atoms with Gasteiger partial charge in [-0.25, -0.2) is 9.78 Å². The number of aromatic nitrogens is 2. The van der Waals surface area contributed by atoms with Crippen LogP contribution in [0.5, 0.6) is 0 Å². The fourth-order valence-electron chi connectivity index (χ4n) is 11.1. The number of nitrogens with one attached hydrogen (secondary N) is 1. The summed E-state index contributed by atoms with van der Waals surface area (Å²) in [5, 5.41) is 4.30. The molecule has 3 saturated carbocycles. The highest BCUT2D eigenvalue weighted by molar-refractivity contribution is 5.88. The zero-order valence-electron chi connectivity index (χ0n) is 27.3. The molecule has 3 aliphatic heterocycles. The number of pyridine rings is 2. The number of carbonyl (C=O) groups excluding carboxylic acids is 3. The van der Waals surface area contributed by atoms with Crippen molar-refractivity contribution >= 4 is 28.7 Å². The maximum absolute atomic E-state index is 14.3. The van der Waals surface area contributed by atoms with Gasteiger partial charge in [-0.1, -0.05) is 32.0 Å². The van der Waals surface area contributed by atoms with Gasteiger partial charge in [-0.05, 0) is 98.7 Å². The van der Waals surface area contributed by atoms with Crippen LogP contribution in [0.3, 0.4) is 0 Å². The lowest BCUT2D eigenvalue weighted by molar-refractivity contribution is -0.192. The first kappa shape index (κ1) is 29.2. The molecule has 244 valence electrons. The van der Waals surface area contributed by atoms with E-state index in [1.54, 1.807) is 11.5 Å². The molecular weight excluding hydrogens is 594 g/mol. The summed E-state index contributed by atoms with van der Waals surface area (Å²) in [6.07, 6.45) is 7.18. The first-order chi connectivity index (χ1) is 22.5. The minimum Gasteiger partial charge on any atom is -0.457 e. The van der Waals surface area contributed by atoms with Crippen molar-refractivity contribution in [2.24, 2.45) is 34.5 Å². The number of piperidine rings is 1. The molecule has 6 aliphatic rings. The highest BCUT2D eigenvalue weighted by atomic mass is 16.6. The number of benzene rings is 1. The number of rotatable bonds is 2. The molecule has 3 aliphatic carbocycles. The van der Waals surface area contributed by atoms with Crippen molar-refractivity contribution < 1.29 is 23.9 Å². The Kier molecular flexibility index (Phi) is 6.06. The number of hydrogen-bond donors (Lipinski definition) is 1. The van der Waals surface area contributed by atoms with E-state index in [1.807, 2.05) is 30.3 Å². The third kappa shape index (κ3) is 3.91. The van der Waals surface area contributed by atoms with Crippen LogP contribution in [-0.2, 0) is 42.6 Å². The quantitative estimate of drug-likeness (QED) is 0.294. The van der Waals surface area contributed by atoms with Crippen LogP contribution in [0.2, 0.25) is 0 Å². The predicted octanol–water partition coefficient (Wildman–Crippen LogP) is 5.38. The van der Waals surface area contributed by atoms with E-state index in [1.165, 1.54) is 0 Å². The SMILES string of the molecule is CC12CCC(=O)NC1CCC1C2CCC2(C)C(C(=O)O[C@]3(C)C(=O)OCc4c3cc3n(c4=O)Cc4cc5ccccc5nc4-3)CCC12. The van der Waals surface area contributed by atoms with Crippen LogP contribution in [-0.4, -0.2) is 33.4 Å². The number of carbonyl (C=O) groups is 3. The lowest BCUT2D eigenvalue weighted by Crippen LogP contribution is -2.61. The van der Waals surface area contributed by atoms with Crippen molar-refractivity contribution in [3.05, 3.63) is 63.4 Å². The van der Waals surface area contributed by atoms with Crippen LogP contribution >= 0.6 is 0 Å². The standard InChI is InChI=1S/C38H41N3O6/c1-36-14-12-25-22(8-11-30-37(25,2)15-13-31(42)40-30)24(36)9-10-26(36)34(44)47-38(3)27-17-29-32-21(16-20-6-4-5-7-28(20)39-32)18-41(29)33(43)23(27)19-46-35(38)45/h4-7,16-17,22,24-26,30H,8-15,18-19H2,1-3H3,(H,40,42)/t22?,24?,25?,26?,30?,36?,37?,38-/m0/s1. The van der Waals surface area contributed by atoms with Crippen LogP contribution < -0.4 is 10.9 Å². The second-order valence-electron chi connectivity index (χ2n) is 15.8. The van der Waals surface area contributed by atoms with Gasteiger partial charge in [0, 0.05) is 29.0 Å². The molecule has 9 heteroatoms. The zero-order chi connectivity index (χ0) is 32.5. The molecule has 0 bridgehead atoms. The molecule has 1 amide bonds. The summed E-state index contributed by atoms with van der Waals surface area (Å²) in [6.45, 7) is 6.44. The van der Waals surface area contributed by atoms with Crippen molar-refractivity contribution in [2.75, 3.05) is 0 Å². The molecule has 3 aromatic rings. The molecule has 0 radical (unpaired) electrons. The Morgan fingerprint density at radius 1 is 0.979 bits per heavy atom. The monoisotopic (exact) mass is 635 g/mol. The van der Waals surface area contributed by atoms with Crippen molar-refractivity contribution in [2.45, 2.75) is 96.9 Å². The normalized spacial score (nSPS) is 36.6. The van der Waals surface area contributed by atoms with Crippen LogP contribution in [0.1, 0.15) is 88.8 Å². The molecule has 9 rings (SSSR count). The summed E-state index contributed by atoms with van der Waals surface area (Å²) in [6, 6.07) is 12.0. The Hall–Kier alpha value is -4.01. The van der Waals surface area contributed by atoms with Crippen LogP contribution in [0.4, 0.5) is 0 Å². The maximum Gasteiger partial charge on any atom is 0.355 e. The molecule has 4 fully saturated rings. The molecule has 1 saturated heterocycles. The predicted molar refractivity (Wildman–Crippen MR) is 173 cm³/mol. The Morgan fingerprint density at radius 2 is 1.79 bits per heavy atom. The van der Waals surface area contributed by atoms with Gasteiger partial charge in [0.1, 0.15) is 6.61 Å². The van der Waals surface area contributed by atoms with Crippen LogP contribution in [0, 0.1) is 34.5 Å². The summed E-state index contributed by atoms with van der Waals surface area (Å²) in [4.78, 5) is 58.9. The second-order valence-corrected chi connectivity index (χ2v) is 15.8. The highest BCUT2D eigenvalue weighted by Crippen LogP contribution is 2.66. The van der Waals surface area contributed by atoms with E-state index in [2.05, 4.69) is 25.2 Å². The molecular formula is C38H41N3O6. The summed E-state index contributed by atoms with van der Waals surface area (Å²) in [5.74, 6) is 0.216. The zero-order valence-corrected chi connectivity index (χ0v) is 27.3. The number of amides is 1. The lowest BCUT2D eigenvalue weighted by atomic mass is 9.47. The lowest BCUT2D eigenvalue weighted by Gasteiger charge is -2.60. The minimum absolute atomic E-state index is 0.0911. The molecule has 47 heavy (non-hydrogen) atoms. The van der Waals surface area contributed by atoms with E-state index < -0.39 is 11.6 Å². The number of ether oxygens (including phenoxy) is 2. The van der Waals surface area contributed by atoms with E-state index in [9.17, 15) is 19.2 Å². The van der Waals surface area contributed by atoms with Gasteiger partial charge in [-0.3, -0.25) is 14.4 Å². The average Bonchev–Trinajstić information content (AvgIpc) is 3.60. The molecule has 2 aromatic heterocycles. The van der Waals surface area contributed by atoms with Gasteiger partial charge in [0.15, 0.2) is 0 Å².